The highest BCUT2D eigenvalue weighted by Crippen LogP contribution is 2.13. The van der Waals surface area contributed by atoms with Gasteiger partial charge >= 0.3 is 0 Å². The smallest absolute Gasteiger partial charge is 0.0662 e. The minimum Gasteiger partial charge on any atom is -0.377 e. The largest absolute Gasteiger partial charge is 0.377 e. The first-order valence-electron chi connectivity index (χ1n) is 5.57. The molecule has 1 aromatic rings. The Hall–Kier alpha value is -0.860. The standard InChI is InChI=1S/C13H21NO/c1-4-11(3)15-9-13(14)12-7-5-6-10(2)8-12/h5-8,11,13H,4,9,14H2,1-3H3. The molecular weight excluding hydrogens is 186 g/mol. The van der Waals surface area contributed by atoms with Gasteiger partial charge in [0.15, 0.2) is 0 Å². The summed E-state index contributed by atoms with van der Waals surface area (Å²) in [6.45, 7) is 6.86. The third-order valence-electron chi connectivity index (χ3n) is 2.61. The number of hydrogen-bond acceptors (Lipinski definition) is 2. The molecule has 0 saturated heterocycles. The Labute approximate surface area is 92.4 Å². The first kappa shape index (κ1) is 12.2. The lowest BCUT2D eigenvalue weighted by molar-refractivity contribution is 0.0539. The molecule has 2 nitrogen and oxygen atoms in total. The first-order valence-corrected chi connectivity index (χ1v) is 5.57. The van der Waals surface area contributed by atoms with E-state index >= 15 is 0 Å². The number of ether oxygens (including phenoxy) is 1. The fraction of sp³-hybridized carbons (Fsp3) is 0.538. The molecule has 15 heavy (non-hydrogen) atoms. The Morgan fingerprint density at radius 1 is 1.40 bits per heavy atom. The van der Waals surface area contributed by atoms with Crippen molar-refractivity contribution in [2.24, 2.45) is 5.73 Å². The fourth-order valence-electron chi connectivity index (χ4n) is 1.38. The van der Waals surface area contributed by atoms with Gasteiger partial charge in [-0.3, -0.25) is 0 Å². The predicted molar refractivity (Wildman–Crippen MR) is 63.8 cm³/mol. The SMILES string of the molecule is CCC(C)OCC(N)c1cccc(C)c1. The van der Waals surface area contributed by atoms with Crippen LogP contribution in [0.3, 0.4) is 0 Å². The molecule has 0 aliphatic heterocycles. The van der Waals surface area contributed by atoms with Crippen molar-refractivity contribution in [3.63, 3.8) is 0 Å². The van der Waals surface area contributed by atoms with E-state index in [9.17, 15) is 0 Å². The summed E-state index contributed by atoms with van der Waals surface area (Å²) in [6, 6.07) is 8.26. The van der Waals surface area contributed by atoms with Crippen LogP contribution >= 0.6 is 0 Å². The van der Waals surface area contributed by atoms with Gasteiger partial charge in [-0.25, -0.2) is 0 Å². The van der Waals surface area contributed by atoms with Gasteiger partial charge in [0, 0.05) is 0 Å². The van der Waals surface area contributed by atoms with E-state index in [0.717, 1.165) is 12.0 Å². The normalized spacial score (nSPS) is 14.9. The molecule has 0 fully saturated rings. The Balaban J connectivity index is 2.50. The Morgan fingerprint density at radius 3 is 2.73 bits per heavy atom. The number of aryl methyl sites for hydroxylation is 1. The molecule has 2 atom stereocenters. The molecule has 0 bridgehead atoms. The zero-order valence-corrected chi connectivity index (χ0v) is 9.86. The van der Waals surface area contributed by atoms with E-state index in [2.05, 4.69) is 39.0 Å². The molecule has 1 aromatic carbocycles. The number of rotatable bonds is 5. The van der Waals surface area contributed by atoms with Crippen LogP contribution in [0, 0.1) is 6.92 Å². The van der Waals surface area contributed by atoms with Gasteiger partial charge in [0.1, 0.15) is 0 Å². The minimum atomic E-state index is -0.0149. The van der Waals surface area contributed by atoms with E-state index in [0.29, 0.717) is 12.7 Å². The number of nitrogens with two attached hydrogens (primary N) is 1. The van der Waals surface area contributed by atoms with Crippen molar-refractivity contribution >= 4 is 0 Å². The van der Waals surface area contributed by atoms with Crippen LogP contribution in [0.1, 0.15) is 37.4 Å². The molecule has 0 aliphatic rings. The van der Waals surface area contributed by atoms with Crippen molar-refractivity contribution in [2.45, 2.75) is 39.3 Å². The molecule has 0 spiro atoms. The summed E-state index contributed by atoms with van der Waals surface area (Å²) >= 11 is 0. The summed E-state index contributed by atoms with van der Waals surface area (Å²) in [6.07, 6.45) is 1.32. The molecule has 2 unspecified atom stereocenters. The highest BCUT2D eigenvalue weighted by Gasteiger charge is 2.07. The predicted octanol–water partition coefficient (Wildman–Crippen LogP) is 2.81. The van der Waals surface area contributed by atoms with Crippen LogP contribution < -0.4 is 5.73 Å². The summed E-state index contributed by atoms with van der Waals surface area (Å²) in [7, 11) is 0. The average Bonchev–Trinajstić information content (AvgIpc) is 2.25. The minimum absolute atomic E-state index is 0.0149. The van der Waals surface area contributed by atoms with Crippen molar-refractivity contribution in [3.05, 3.63) is 35.4 Å². The van der Waals surface area contributed by atoms with Gasteiger partial charge in [-0.15, -0.1) is 0 Å². The first-order chi connectivity index (χ1) is 7.13. The molecular formula is C13H21NO. The lowest BCUT2D eigenvalue weighted by atomic mass is 10.1. The number of benzene rings is 1. The summed E-state index contributed by atoms with van der Waals surface area (Å²) in [5, 5.41) is 0. The van der Waals surface area contributed by atoms with Crippen LogP contribution in [0.15, 0.2) is 24.3 Å². The van der Waals surface area contributed by atoms with E-state index in [1.54, 1.807) is 0 Å². The second-order valence-corrected chi connectivity index (χ2v) is 4.07. The monoisotopic (exact) mass is 207 g/mol. The zero-order valence-electron chi connectivity index (χ0n) is 9.86. The lowest BCUT2D eigenvalue weighted by Crippen LogP contribution is -2.20. The summed E-state index contributed by atoms with van der Waals surface area (Å²) in [5.74, 6) is 0. The fourth-order valence-corrected chi connectivity index (χ4v) is 1.38. The van der Waals surface area contributed by atoms with Crippen LogP contribution in [-0.2, 0) is 4.74 Å². The van der Waals surface area contributed by atoms with Crippen molar-refractivity contribution in [3.8, 4) is 0 Å². The highest BCUT2D eigenvalue weighted by molar-refractivity contribution is 5.24. The molecule has 0 amide bonds. The molecule has 0 aromatic heterocycles. The molecule has 0 aliphatic carbocycles. The quantitative estimate of drug-likeness (QED) is 0.805. The van der Waals surface area contributed by atoms with Gasteiger partial charge in [0.05, 0.1) is 18.8 Å². The third kappa shape index (κ3) is 4.02. The van der Waals surface area contributed by atoms with Crippen LogP contribution in [-0.4, -0.2) is 12.7 Å². The molecule has 84 valence electrons. The van der Waals surface area contributed by atoms with Gasteiger partial charge in [-0.05, 0) is 25.8 Å². The van der Waals surface area contributed by atoms with Gasteiger partial charge in [0.2, 0.25) is 0 Å². The van der Waals surface area contributed by atoms with Crippen molar-refractivity contribution < 1.29 is 4.74 Å². The summed E-state index contributed by atoms with van der Waals surface area (Å²) < 4.78 is 5.62. The number of hydrogen-bond donors (Lipinski definition) is 1. The summed E-state index contributed by atoms with van der Waals surface area (Å²) in [5.41, 5.74) is 8.44. The molecule has 2 N–H and O–H groups in total. The molecule has 0 heterocycles. The Morgan fingerprint density at radius 2 is 2.13 bits per heavy atom. The summed E-state index contributed by atoms with van der Waals surface area (Å²) in [4.78, 5) is 0. The van der Waals surface area contributed by atoms with Crippen molar-refractivity contribution in [2.75, 3.05) is 6.61 Å². The lowest BCUT2D eigenvalue weighted by Gasteiger charge is -2.16. The second kappa shape index (κ2) is 5.89. The zero-order chi connectivity index (χ0) is 11.3. The molecule has 0 saturated carbocycles. The maximum absolute atomic E-state index is 6.04. The molecule has 0 radical (unpaired) electrons. The second-order valence-electron chi connectivity index (χ2n) is 4.07. The maximum Gasteiger partial charge on any atom is 0.0662 e. The van der Waals surface area contributed by atoms with Gasteiger partial charge in [0.25, 0.3) is 0 Å². The van der Waals surface area contributed by atoms with E-state index in [-0.39, 0.29) is 6.04 Å². The van der Waals surface area contributed by atoms with Crippen LogP contribution in [0.2, 0.25) is 0 Å². The van der Waals surface area contributed by atoms with Crippen LogP contribution in [0.5, 0.6) is 0 Å². The molecule has 2 heteroatoms. The van der Waals surface area contributed by atoms with Crippen LogP contribution in [0.4, 0.5) is 0 Å². The van der Waals surface area contributed by atoms with Crippen LogP contribution in [0.25, 0.3) is 0 Å². The Kier molecular flexibility index (Phi) is 4.79. The Bertz CT molecular complexity index is 298. The highest BCUT2D eigenvalue weighted by atomic mass is 16.5. The van der Waals surface area contributed by atoms with E-state index in [4.69, 9.17) is 10.5 Å². The van der Waals surface area contributed by atoms with Gasteiger partial charge in [-0.1, -0.05) is 36.8 Å². The molecule has 1 rings (SSSR count). The van der Waals surface area contributed by atoms with E-state index in [1.165, 1.54) is 5.56 Å². The maximum atomic E-state index is 6.04. The van der Waals surface area contributed by atoms with Crippen molar-refractivity contribution in [1.82, 2.24) is 0 Å². The van der Waals surface area contributed by atoms with E-state index < -0.39 is 0 Å². The topological polar surface area (TPSA) is 35.2 Å². The van der Waals surface area contributed by atoms with E-state index in [1.807, 2.05) is 6.07 Å². The van der Waals surface area contributed by atoms with Gasteiger partial charge in [-0.2, -0.15) is 0 Å². The third-order valence-corrected chi connectivity index (χ3v) is 2.61. The average molecular weight is 207 g/mol. The van der Waals surface area contributed by atoms with Crippen molar-refractivity contribution in [1.29, 1.82) is 0 Å². The van der Waals surface area contributed by atoms with Gasteiger partial charge < -0.3 is 10.5 Å².